The third kappa shape index (κ3) is 16.8. The van der Waals surface area contributed by atoms with Crippen molar-refractivity contribution in [3.8, 4) is 0 Å². The number of halogens is 1. The van der Waals surface area contributed by atoms with Gasteiger partial charge in [0, 0.05) is 146 Å². The smallest absolute Gasteiger partial charge is 0.222 e. The second-order valence-corrected chi connectivity index (χ2v) is 21.7. The monoisotopic (exact) mass is 1030 g/mol. The summed E-state index contributed by atoms with van der Waals surface area (Å²) in [7, 11) is 0. The lowest BCUT2D eigenvalue weighted by atomic mass is 9.90. The summed E-state index contributed by atoms with van der Waals surface area (Å²) >= 11 is 10.8. The van der Waals surface area contributed by atoms with Crippen LogP contribution in [0.4, 0.5) is 17.8 Å². The van der Waals surface area contributed by atoms with Crippen molar-refractivity contribution in [2.75, 3.05) is 16.0 Å². The second kappa shape index (κ2) is 26.3. The number of nitrogens with two attached hydrogens (primary N) is 3. The van der Waals surface area contributed by atoms with Gasteiger partial charge in [0.15, 0.2) is 0 Å². The van der Waals surface area contributed by atoms with Gasteiger partial charge in [-0.05, 0) is 93.1 Å². The number of hydrogen-bond donors (Lipinski definition) is 6. The normalized spacial score (nSPS) is 21.0. The van der Waals surface area contributed by atoms with E-state index in [9.17, 15) is 14.4 Å². The van der Waals surface area contributed by atoms with E-state index < -0.39 is 0 Å². The molecule has 3 aliphatic carbocycles. The Morgan fingerprint density at radius 2 is 0.887 bits per heavy atom. The van der Waals surface area contributed by atoms with Crippen molar-refractivity contribution in [3.05, 3.63) is 126 Å². The SMILES string of the molecule is CCc1ccc(Sc2cnc(NC3CCC(=O)CC3N)nc2)cc1.Cc1cc(Cl)ccc1Sc1cnc(NC2CCC(=O)CC2N)nc1.Cc1ccc(Sc2cnc(NC3CCC(=O)CC3N)nc2)cc1. The number of aromatic nitrogens is 6. The van der Waals surface area contributed by atoms with Crippen LogP contribution in [0.1, 0.15) is 81.4 Å². The van der Waals surface area contributed by atoms with Gasteiger partial charge in [0.1, 0.15) is 17.3 Å². The number of carbonyl (C=O) groups is 3. The lowest BCUT2D eigenvalue weighted by Crippen LogP contribution is -2.45. The summed E-state index contributed by atoms with van der Waals surface area (Å²) < 4.78 is 0. The van der Waals surface area contributed by atoms with Crippen molar-refractivity contribution >= 4 is 82.1 Å². The molecule has 0 spiro atoms. The van der Waals surface area contributed by atoms with E-state index >= 15 is 0 Å². The molecule has 9 rings (SSSR count). The van der Waals surface area contributed by atoms with Crippen LogP contribution in [0.5, 0.6) is 0 Å². The molecule has 3 aliphatic rings. The van der Waals surface area contributed by atoms with Gasteiger partial charge in [-0.25, -0.2) is 29.9 Å². The van der Waals surface area contributed by atoms with Gasteiger partial charge >= 0.3 is 0 Å². The number of nitrogens with one attached hydrogen (secondary N) is 3. The number of carbonyl (C=O) groups excluding carboxylic acids is 3. The highest BCUT2D eigenvalue weighted by molar-refractivity contribution is 7.99. The summed E-state index contributed by atoms with van der Waals surface area (Å²) in [4.78, 5) is 66.7. The first-order valence-corrected chi connectivity index (χ1v) is 26.6. The molecule has 71 heavy (non-hydrogen) atoms. The predicted octanol–water partition coefficient (Wildman–Crippen LogP) is 9.30. The average molecular weight is 1030 g/mol. The molecule has 0 amide bonds. The first-order valence-electron chi connectivity index (χ1n) is 23.8. The highest BCUT2D eigenvalue weighted by atomic mass is 35.5. The topological polar surface area (TPSA) is 243 Å². The molecule has 15 nitrogen and oxygen atoms in total. The zero-order valence-corrected chi connectivity index (χ0v) is 43.3. The van der Waals surface area contributed by atoms with Gasteiger partial charge in [-0.3, -0.25) is 14.4 Å². The number of benzene rings is 3. The van der Waals surface area contributed by atoms with E-state index in [0.29, 0.717) is 56.4 Å². The number of hydrogen-bond acceptors (Lipinski definition) is 18. The van der Waals surface area contributed by atoms with Gasteiger partial charge in [0.05, 0.1) is 0 Å². The van der Waals surface area contributed by atoms with Crippen LogP contribution in [0.25, 0.3) is 0 Å². The zero-order chi connectivity index (χ0) is 50.3. The van der Waals surface area contributed by atoms with Crippen LogP contribution in [-0.4, -0.2) is 83.5 Å². The molecule has 9 N–H and O–H groups in total. The number of anilines is 3. The fourth-order valence-corrected chi connectivity index (χ4v) is 10.6. The van der Waals surface area contributed by atoms with Crippen LogP contribution in [0, 0.1) is 13.8 Å². The van der Waals surface area contributed by atoms with E-state index in [-0.39, 0.29) is 53.6 Å². The summed E-state index contributed by atoms with van der Waals surface area (Å²) in [5.41, 5.74) is 21.8. The lowest BCUT2D eigenvalue weighted by molar-refractivity contribution is -0.121. The number of Topliss-reactive ketones (excluding diaryl/α,β-unsaturated/α-hetero) is 3. The predicted molar refractivity (Wildman–Crippen MR) is 284 cm³/mol. The lowest BCUT2D eigenvalue weighted by Gasteiger charge is -2.28. The molecule has 6 atom stereocenters. The minimum Gasteiger partial charge on any atom is -0.350 e. The standard InChI is InChI=1S/C18H22N4OS.C17H19ClN4OS.C17H20N4OS/c1-2-12-3-6-14(7-4-12)24-15-10-20-18(21-11-15)22-17-8-5-13(23)9-16(17)19;1-10-6-11(18)2-5-16(10)24-13-8-20-17(21-9-13)22-15-4-3-12(23)7-14(15)19;1-11-2-5-13(6-3-11)23-14-9-19-17(20-10-14)21-16-7-4-12(22)8-15(16)18/h3-4,6-7,10-11,16-17H,2,5,8-9,19H2,1H3,(H,20,21,22);2,5-6,8-9,14-15H,3-4,7,19H2,1H3,(H,20,21,22);2-3,5-6,9-10,15-16H,4,7-8,18H2,1H3,(H,19,20,21). The molecule has 372 valence electrons. The van der Waals surface area contributed by atoms with Crippen molar-refractivity contribution < 1.29 is 14.4 Å². The van der Waals surface area contributed by atoms with Crippen molar-refractivity contribution in [3.63, 3.8) is 0 Å². The van der Waals surface area contributed by atoms with Crippen molar-refractivity contribution in [2.24, 2.45) is 17.2 Å². The molecule has 6 unspecified atom stereocenters. The van der Waals surface area contributed by atoms with Gasteiger partial charge in [-0.15, -0.1) is 0 Å². The molecule has 3 heterocycles. The van der Waals surface area contributed by atoms with E-state index in [1.54, 1.807) is 60.1 Å². The largest absolute Gasteiger partial charge is 0.350 e. The van der Waals surface area contributed by atoms with Gasteiger partial charge in [-0.1, -0.05) is 83.6 Å². The van der Waals surface area contributed by atoms with E-state index in [2.05, 4.69) is 108 Å². The van der Waals surface area contributed by atoms with Crippen molar-refractivity contribution in [2.45, 2.75) is 151 Å². The highest BCUT2D eigenvalue weighted by Gasteiger charge is 2.29. The van der Waals surface area contributed by atoms with E-state index in [1.165, 1.54) is 16.0 Å². The molecule has 0 saturated heterocycles. The Morgan fingerprint density at radius 1 is 0.521 bits per heavy atom. The van der Waals surface area contributed by atoms with Crippen LogP contribution in [-0.2, 0) is 20.8 Å². The van der Waals surface area contributed by atoms with Crippen molar-refractivity contribution in [1.29, 1.82) is 0 Å². The van der Waals surface area contributed by atoms with Gasteiger partial charge in [0.2, 0.25) is 17.8 Å². The van der Waals surface area contributed by atoms with Gasteiger partial charge in [-0.2, -0.15) is 0 Å². The summed E-state index contributed by atoms with van der Waals surface area (Å²) in [5.74, 6) is 2.38. The summed E-state index contributed by atoms with van der Waals surface area (Å²) in [6.45, 7) is 6.24. The summed E-state index contributed by atoms with van der Waals surface area (Å²) in [5, 5.41) is 10.5. The Balaban J connectivity index is 0.000000157. The maximum atomic E-state index is 11.4. The highest BCUT2D eigenvalue weighted by Crippen LogP contribution is 2.32. The van der Waals surface area contributed by atoms with Crippen LogP contribution in [0.15, 0.2) is 133 Å². The molecule has 3 aromatic heterocycles. The summed E-state index contributed by atoms with van der Waals surface area (Å²) in [6, 6.07) is 22.3. The fourth-order valence-electron chi connectivity index (χ4n) is 8.00. The van der Waals surface area contributed by atoms with Crippen LogP contribution in [0.3, 0.4) is 0 Å². The third-order valence-electron chi connectivity index (χ3n) is 12.2. The molecule has 0 aliphatic heterocycles. The Kier molecular flexibility index (Phi) is 19.7. The average Bonchev–Trinajstić information content (AvgIpc) is 3.36. The van der Waals surface area contributed by atoms with Crippen molar-refractivity contribution in [1.82, 2.24) is 29.9 Å². The van der Waals surface area contributed by atoms with Crippen LogP contribution >= 0.6 is 46.9 Å². The van der Waals surface area contributed by atoms with E-state index in [1.807, 2.05) is 37.5 Å². The van der Waals surface area contributed by atoms with Crippen LogP contribution < -0.4 is 33.2 Å². The zero-order valence-electron chi connectivity index (χ0n) is 40.1. The Hall–Kier alpha value is -5.47. The number of aryl methyl sites for hydroxylation is 3. The first-order chi connectivity index (χ1) is 34.2. The second-order valence-electron chi connectivity index (χ2n) is 17.8. The van der Waals surface area contributed by atoms with Gasteiger partial charge < -0.3 is 33.2 Å². The van der Waals surface area contributed by atoms with E-state index in [0.717, 1.165) is 60.7 Å². The minimum absolute atomic E-state index is 0.0414. The molecule has 3 aromatic carbocycles. The number of ketones is 3. The molecule has 0 radical (unpaired) electrons. The maximum absolute atomic E-state index is 11.4. The maximum Gasteiger partial charge on any atom is 0.222 e. The molecular weight excluding hydrogens is 972 g/mol. The molecule has 0 bridgehead atoms. The number of rotatable bonds is 13. The third-order valence-corrected chi connectivity index (χ3v) is 15.4. The Labute approximate surface area is 433 Å². The molecular formula is C52H61ClN12O3S3. The Bertz CT molecular complexity index is 2690. The van der Waals surface area contributed by atoms with Gasteiger partial charge in [0.25, 0.3) is 0 Å². The molecule has 3 fully saturated rings. The first kappa shape index (κ1) is 53.3. The number of nitrogens with zero attached hydrogens (tertiary/aromatic N) is 6. The Morgan fingerprint density at radius 3 is 1.24 bits per heavy atom. The molecule has 3 saturated carbocycles. The van der Waals surface area contributed by atoms with Crippen LogP contribution in [0.2, 0.25) is 5.02 Å². The summed E-state index contributed by atoms with van der Waals surface area (Å²) in [6.07, 6.45) is 17.1. The molecule has 19 heteroatoms. The fraction of sp³-hybridized carbons (Fsp3) is 0.365. The quantitative estimate of drug-likeness (QED) is 0.0631. The molecule has 6 aromatic rings. The van der Waals surface area contributed by atoms with E-state index in [4.69, 9.17) is 28.8 Å². The minimum atomic E-state index is -0.180.